The molecule has 12 nitrogen and oxygen atoms in total. The largest absolute Gasteiger partial charge is 0.368 e. The molecule has 0 aromatic heterocycles. The Morgan fingerprint density at radius 1 is 0.868 bits per heavy atom. The standard InChI is InChI=1S/C26H42N6O6/c1-16(2)13-19(15-22(33)32-38)25(36)29-17(3)24(35)31-21(14-18-9-5-4-6-10-18)26(37)30-20(23(28)34)11-7-8-12-27/h4-6,9-10,16-17,19-21,38H,7-8,11-15,27H2,1-3H3,(H2,28,34)(H,29,36)(H,30,37)(H,31,35)(H,32,33)/t17-,19+,20-,21-/m0/s1. The molecule has 0 spiro atoms. The lowest BCUT2D eigenvalue weighted by Gasteiger charge is -2.25. The molecule has 0 radical (unpaired) electrons. The number of rotatable bonds is 17. The molecule has 0 saturated heterocycles. The molecule has 4 atom stereocenters. The van der Waals surface area contributed by atoms with Gasteiger partial charge in [0, 0.05) is 18.8 Å². The molecule has 0 aliphatic rings. The lowest BCUT2D eigenvalue weighted by molar-refractivity contribution is -0.137. The van der Waals surface area contributed by atoms with E-state index in [1.807, 2.05) is 19.9 Å². The number of hydrogen-bond donors (Lipinski definition) is 7. The van der Waals surface area contributed by atoms with E-state index in [1.54, 1.807) is 24.3 Å². The van der Waals surface area contributed by atoms with Crippen LogP contribution in [0.25, 0.3) is 0 Å². The Bertz CT molecular complexity index is 926. The fraction of sp³-hybridized carbons (Fsp3) is 0.577. The van der Waals surface area contributed by atoms with E-state index >= 15 is 0 Å². The van der Waals surface area contributed by atoms with Crippen LogP contribution in [-0.2, 0) is 30.4 Å². The molecule has 0 aliphatic carbocycles. The van der Waals surface area contributed by atoms with Gasteiger partial charge in [-0.3, -0.25) is 29.2 Å². The first-order chi connectivity index (χ1) is 18.0. The SMILES string of the molecule is CC(C)C[C@H](CC(=O)NO)C(=O)N[C@@H](C)C(=O)N[C@@H](Cc1ccccc1)C(=O)N[C@@H](CCCCN)C(N)=O. The molecular weight excluding hydrogens is 492 g/mol. The molecule has 1 rings (SSSR count). The van der Waals surface area contributed by atoms with Crippen LogP contribution in [0.5, 0.6) is 0 Å². The molecule has 1 aromatic carbocycles. The van der Waals surface area contributed by atoms with Crippen LogP contribution >= 0.6 is 0 Å². The highest BCUT2D eigenvalue weighted by molar-refractivity contribution is 5.94. The number of nitrogens with two attached hydrogens (primary N) is 2. The quantitative estimate of drug-likeness (QED) is 0.0818. The number of primary amides is 1. The number of hydroxylamine groups is 1. The van der Waals surface area contributed by atoms with Crippen molar-refractivity contribution in [2.45, 2.75) is 77.4 Å². The summed E-state index contributed by atoms with van der Waals surface area (Å²) in [4.78, 5) is 62.5. The average molecular weight is 535 g/mol. The van der Waals surface area contributed by atoms with Crippen molar-refractivity contribution in [3.05, 3.63) is 35.9 Å². The van der Waals surface area contributed by atoms with E-state index in [0.717, 1.165) is 5.56 Å². The average Bonchev–Trinajstić information content (AvgIpc) is 2.87. The summed E-state index contributed by atoms with van der Waals surface area (Å²) in [6.07, 6.45) is 1.83. The maximum absolute atomic E-state index is 13.1. The van der Waals surface area contributed by atoms with Gasteiger partial charge in [0.05, 0.1) is 0 Å². The van der Waals surface area contributed by atoms with Crippen LogP contribution in [0.3, 0.4) is 0 Å². The number of carbonyl (C=O) groups is 5. The lowest BCUT2D eigenvalue weighted by atomic mass is 9.92. The summed E-state index contributed by atoms with van der Waals surface area (Å²) in [6.45, 7) is 5.67. The Hall–Kier alpha value is -3.51. The number of unbranched alkanes of at least 4 members (excludes halogenated alkanes) is 1. The van der Waals surface area contributed by atoms with Crippen molar-refractivity contribution >= 4 is 29.5 Å². The molecule has 9 N–H and O–H groups in total. The van der Waals surface area contributed by atoms with Crippen molar-refractivity contribution in [1.82, 2.24) is 21.4 Å². The van der Waals surface area contributed by atoms with Gasteiger partial charge in [0.2, 0.25) is 29.5 Å². The first-order valence-electron chi connectivity index (χ1n) is 12.9. The smallest absolute Gasteiger partial charge is 0.244 e. The molecule has 38 heavy (non-hydrogen) atoms. The zero-order valence-electron chi connectivity index (χ0n) is 22.4. The minimum absolute atomic E-state index is 0.0865. The summed E-state index contributed by atoms with van der Waals surface area (Å²) < 4.78 is 0. The van der Waals surface area contributed by atoms with Gasteiger partial charge in [-0.2, -0.15) is 0 Å². The van der Waals surface area contributed by atoms with Gasteiger partial charge in [0.1, 0.15) is 18.1 Å². The number of hydrogen-bond acceptors (Lipinski definition) is 7. The van der Waals surface area contributed by atoms with Crippen LogP contribution in [0, 0.1) is 11.8 Å². The molecule has 5 amide bonds. The van der Waals surface area contributed by atoms with E-state index in [4.69, 9.17) is 16.7 Å². The third-order valence-electron chi connectivity index (χ3n) is 5.96. The van der Waals surface area contributed by atoms with Crippen LogP contribution in [0.2, 0.25) is 0 Å². The van der Waals surface area contributed by atoms with Gasteiger partial charge >= 0.3 is 0 Å². The third kappa shape index (κ3) is 12.2. The van der Waals surface area contributed by atoms with Crippen molar-refractivity contribution in [1.29, 1.82) is 0 Å². The molecule has 0 bridgehead atoms. The van der Waals surface area contributed by atoms with Crippen LogP contribution in [0.15, 0.2) is 30.3 Å². The van der Waals surface area contributed by atoms with Gasteiger partial charge in [-0.25, -0.2) is 5.48 Å². The summed E-state index contributed by atoms with van der Waals surface area (Å²) in [5, 5.41) is 16.7. The molecule has 0 aliphatic heterocycles. The molecule has 0 saturated carbocycles. The van der Waals surface area contributed by atoms with Crippen LogP contribution in [-0.4, -0.2) is 59.4 Å². The zero-order valence-corrected chi connectivity index (χ0v) is 22.4. The van der Waals surface area contributed by atoms with E-state index in [-0.39, 0.29) is 18.8 Å². The lowest BCUT2D eigenvalue weighted by Crippen LogP contribution is -2.56. The predicted molar refractivity (Wildman–Crippen MR) is 141 cm³/mol. The Morgan fingerprint density at radius 2 is 1.50 bits per heavy atom. The monoisotopic (exact) mass is 534 g/mol. The Kier molecular flexibility index (Phi) is 14.6. The number of amides is 5. The van der Waals surface area contributed by atoms with E-state index in [0.29, 0.717) is 32.2 Å². The second-order valence-corrected chi connectivity index (χ2v) is 9.79. The highest BCUT2D eigenvalue weighted by Gasteiger charge is 2.29. The summed E-state index contributed by atoms with van der Waals surface area (Å²) in [7, 11) is 0. The topological polar surface area (TPSA) is 206 Å². The molecule has 1 aromatic rings. The molecule has 12 heteroatoms. The van der Waals surface area contributed by atoms with Crippen molar-refractivity contribution < 1.29 is 29.2 Å². The summed E-state index contributed by atoms with van der Waals surface area (Å²) >= 11 is 0. The molecular formula is C26H42N6O6. The van der Waals surface area contributed by atoms with Crippen LogP contribution in [0.1, 0.15) is 58.4 Å². The number of nitrogens with one attached hydrogen (secondary N) is 4. The maximum atomic E-state index is 13.1. The van der Waals surface area contributed by atoms with Crippen molar-refractivity contribution in [3.8, 4) is 0 Å². The Balaban J connectivity index is 2.98. The van der Waals surface area contributed by atoms with Crippen molar-refractivity contribution in [2.75, 3.05) is 6.54 Å². The number of carbonyl (C=O) groups excluding carboxylic acids is 5. The molecule has 212 valence electrons. The molecule has 0 heterocycles. The third-order valence-corrected chi connectivity index (χ3v) is 5.96. The normalized spacial score (nSPS) is 14.1. The summed E-state index contributed by atoms with van der Waals surface area (Å²) in [5.41, 5.74) is 13.3. The second-order valence-electron chi connectivity index (χ2n) is 9.79. The maximum Gasteiger partial charge on any atom is 0.244 e. The highest BCUT2D eigenvalue weighted by atomic mass is 16.5. The summed E-state index contributed by atoms with van der Waals surface area (Å²) in [5.74, 6) is -3.81. The van der Waals surface area contributed by atoms with Crippen molar-refractivity contribution in [2.24, 2.45) is 23.3 Å². The fourth-order valence-corrected chi connectivity index (χ4v) is 3.92. The van der Waals surface area contributed by atoms with Crippen molar-refractivity contribution in [3.63, 3.8) is 0 Å². The van der Waals surface area contributed by atoms with E-state index in [2.05, 4.69) is 16.0 Å². The van der Waals surface area contributed by atoms with Gasteiger partial charge in [0.15, 0.2) is 0 Å². The van der Waals surface area contributed by atoms with E-state index in [1.165, 1.54) is 12.4 Å². The Labute approximate surface area is 223 Å². The first-order valence-corrected chi connectivity index (χ1v) is 12.9. The minimum atomic E-state index is -1.05. The zero-order chi connectivity index (χ0) is 28.7. The number of benzene rings is 1. The highest BCUT2D eigenvalue weighted by Crippen LogP contribution is 2.16. The Morgan fingerprint density at radius 3 is 2.05 bits per heavy atom. The second kappa shape index (κ2) is 17.1. The van der Waals surface area contributed by atoms with Gasteiger partial charge < -0.3 is 27.4 Å². The fourth-order valence-electron chi connectivity index (χ4n) is 3.92. The van der Waals surface area contributed by atoms with E-state index < -0.39 is 53.6 Å². The van der Waals surface area contributed by atoms with Gasteiger partial charge in [-0.05, 0) is 50.6 Å². The van der Waals surface area contributed by atoms with E-state index in [9.17, 15) is 24.0 Å². The molecule has 0 fully saturated rings. The minimum Gasteiger partial charge on any atom is -0.368 e. The van der Waals surface area contributed by atoms with Crippen LogP contribution in [0.4, 0.5) is 0 Å². The van der Waals surface area contributed by atoms with Gasteiger partial charge in [0.25, 0.3) is 0 Å². The molecule has 0 unspecified atom stereocenters. The van der Waals surface area contributed by atoms with Crippen LogP contribution < -0.4 is 32.9 Å². The van der Waals surface area contributed by atoms with Gasteiger partial charge in [-0.1, -0.05) is 44.2 Å². The first kappa shape index (κ1) is 32.5. The van der Waals surface area contributed by atoms with Gasteiger partial charge in [-0.15, -0.1) is 0 Å². The predicted octanol–water partition coefficient (Wildman–Crippen LogP) is -0.124. The summed E-state index contributed by atoms with van der Waals surface area (Å²) in [6, 6.07) is 6.01.